The third-order valence-corrected chi connectivity index (χ3v) is 14.8. The number of carbonyl (C=O) groups is 2. The molecule has 0 aliphatic carbocycles. The van der Waals surface area contributed by atoms with E-state index in [-0.39, 0.29) is 54.0 Å². The van der Waals surface area contributed by atoms with Crippen molar-refractivity contribution >= 4 is 30.8 Å². The van der Waals surface area contributed by atoms with E-state index in [2.05, 4.69) is 54.9 Å². The van der Waals surface area contributed by atoms with Crippen molar-refractivity contribution in [1.29, 1.82) is 0 Å². The van der Waals surface area contributed by atoms with Gasteiger partial charge in [-0.05, 0) is 86.4 Å². The molecule has 0 saturated carbocycles. The lowest BCUT2D eigenvalue weighted by atomic mass is 9.94. The molecule has 5 rings (SSSR count). The lowest BCUT2D eigenvalue weighted by Crippen LogP contribution is -2.51. The fraction of sp³-hybridized carbons (Fsp3) is 0.600. The summed E-state index contributed by atoms with van der Waals surface area (Å²) >= 11 is 0. The highest BCUT2D eigenvalue weighted by Gasteiger charge is 2.51. The van der Waals surface area contributed by atoms with E-state index >= 15 is 0 Å². The van der Waals surface area contributed by atoms with Crippen molar-refractivity contribution in [3.63, 3.8) is 0 Å². The number of piperidine rings is 1. The summed E-state index contributed by atoms with van der Waals surface area (Å²) < 4.78 is 12.3. The summed E-state index contributed by atoms with van der Waals surface area (Å²) in [4.78, 5) is 28.3. The number of nitrogens with one attached hydrogen (secondary N) is 2. The molecule has 2 aromatic carbocycles. The van der Waals surface area contributed by atoms with Crippen LogP contribution in [0.4, 0.5) is 5.69 Å². The number of nitrogens with zero attached hydrogens (tertiary/aromatic N) is 1. The van der Waals surface area contributed by atoms with Crippen LogP contribution in [0.25, 0.3) is 0 Å². The van der Waals surface area contributed by atoms with Crippen molar-refractivity contribution in [1.82, 2.24) is 10.2 Å². The minimum atomic E-state index is -2.09. The van der Waals surface area contributed by atoms with E-state index in [9.17, 15) is 14.7 Å². The number of hydrogen-bond donors (Lipinski definition) is 3. The fourth-order valence-corrected chi connectivity index (χ4v) is 12.0. The zero-order chi connectivity index (χ0) is 31.3. The molecule has 0 spiro atoms. The Morgan fingerprint density at radius 2 is 1.91 bits per heavy atom. The van der Waals surface area contributed by atoms with Gasteiger partial charge in [0.15, 0.2) is 0 Å². The van der Waals surface area contributed by atoms with Crippen molar-refractivity contribution < 1.29 is 24.2 Å². The summed E-state index contributed by atoms with van der Waals surface area (Å²) in [6, 6.07) is 16.6. The number of anilines is 1. The second-order valence-corrected chi connectivity index (χ2v) is 18.3. The first kappa shape index (κ1) is 32.7. The number of rotatable bonds is 11. The average Bonchev–Trinajstić information content (AvgIpc) is 3.65. The molecule has 3 aliphatic heterocycles. The smallest absolute Gasteiger partial charge is 0.228 e. The predicted molar refractivity (Wildman–Crippen MR) is 177 cm³/mol. The first-order chi connectivity index (χ1) is 21.2. The fourth-order valence-electron chi connectivity index (χ4n) is 7.92. The first-order valence-electron chi connectivity index (χ1n) is 16.5. The molecule has 44 heavy (non-hydrogen) atoms. The normalized spacial score (nSPS) is 27.3. The third kappa shape index (κ3) is 7.38. The number of aliphatic hydroxyl groups excluding tert-OH is 1. The van der Waals surface area contributed by atoms with Gasteiger partial charge in [-0.15, -0.1) is 0 Å². The largest absolute Gasteiger partial charge is 0.497 e. The van der Waals surface area contributed by atoms with Crippen LogP contribution in [-0.4, -0.2) is 81.5 Å². The Kier molecular flexibility index (Phi) is 10.8. The Morgan fingerprint density at radius 1 is 1.11 bits per heavy atom. The Morgan fingerprint density at radius 3 is 2.61 bits per heavy atom. The van der Waals surface area contributed by atoms with Crippen molar-refractivity contribution in [2.45, 2.75) is 88.8 Å². The molecular weight excluding hydrogens is 570 g/mol. The minimum Gasteiger partial charge on any atom is -0.497 e. The molecule has 3 aliphatic rings. The molecule has 3 fully saturated rings. The van der Waals surface area contributed by atoms with Crippen LogP contribution < -0.4 is 20.6 Å². The zero-order valence-corrected chi connectivity index (χ0v) is 27.9. The van der Waals surface area contributed by atoms with Gasteiger partial charge in [-0.1, -0.05) is 49.5 Å². The number of ether oxygens (including phenoxy) is 2. The highest BCUT2D eigenvalue weighted by atomic mass is 28.3. The lowest BCUT2D eigenvalue weighted by molar-refractivity contribution is -0.135. The Hall–Kier alpha value is -2.72. The number of methoxy groups -OCH3 is 1. The van der Waals surface area contributed by atoms with E-state index in [1.807, 2.05) is 29.2 Å². The van der Waals surface area contributed by atoms with Crippen LogP contribution in [0.2, 0.25) is 18.6 Å². The first-order valence-corrected chi connectivity index (χ1v) is 19.6. The quantitative estimate of drug-likeness (QED) is 0.323. The van der Waals surface area contributed by atoms with Gasteiger partial charge in [-0.3, -0.25) is 9.59 Å². The van der Waals surface area contributed by atoms with Crippen LogP contribution in [0.3, 0.4) is 0 Å². The van der Waals surface area contributed by atoms with Crippen molar-refractivity contribution in [3.05, 3.63) is 54.1 Å². The van der Waals surface area contributed by atoms with Gasteiger partial charge in [0.05, 0.1) is 52.4 Å². The van der Waals surface area contributed by atoms with E-state index in [4.69, 9.17) is 9.47 Å². The summed E-state index contributed by atoms with van der Waals surface area (Å²) in [7, 11) is -0.400. The molecule has 3 N–H and O–H groups in total. The van der Waals surface area contributed by atoms with Crippen LogP contribution in [0.15, 0.2) is 48.5 Å². The maximum absolute atomic E-state index is 13.6. The Labute approximate surface area is 263 Å². The minimum absolute atomic E-state index is 0.0167. The second-order valence-electron chi connectivity index (χ2n) is 13.6. The van der Waals surface area contributed by atoms with Crippen molar-refractivity contribution in [2.24, 2.45) is 11.8 Å². The molecule has 2 amide bonds. The summed E-state index contributed by atoms with van der Waals surface area (Å²) in [6.45, 7) is 9.56. The summed E-state index contributed by atoms with van der Waals surface area (Å²) in [5.74, 6) is 1.33. The molecule has 0 radical (unpaired) electrons. The Bertz CT molecular complexity index is 1270. The number of likely N-dealkylation sites (tertiary alicyclic amines) is 1. The predicted octanol–water partition coefficient (Wildman–Crippen LogP) is 4.33. The molecule has 0 bridgehead atoms. The molecule has 3 heterocycles. The van der Waals surface area contributed by atoms with Gasteiger partial charge in [0.25, 0.3) is 0 Å². The maximum Gasteiger partial charge on any atom is 0.228 e. The van der Waals surface area contributed by atoms with Gasteiger partial charge < -0.3 is 30.1 Å². The van der Waals surface area contributed by atoms with Gasteiger partial charge in [0, 0.05) is 18.8 Å². The number of benzene rings is 2. The van der Waals surface area contributed by atoms with E-state index < -0.39 is 8.07 Å². The third-order valence-electron chi connectivity index (χ3n) is 10.4. The number of aliphatic hydroxyl groups is 1. The summed E-state index contributed by atoms with van der Waals surface area (Å²) in [5.41, 5.74) is 2.28. The van der Waals surface area contributed by atoms with E-state index in [1.54, 1.807) is 7.11 Å². The van der Waals surface area contributed by atoms with Gasteiger partial charge in [0.2, 0.25) is 11.8 Å². The molecule has 1 unspecified atom stereocenters. The van der Waals surface area contributed by atoms with E-state index in [1.165, 1.54) is 10.8 Å². The zero-order valence-electron chi connectivity index (χ0n) is 26.9. The summed E-state index contributed by atoms with van der Waals surface area (Å²) in [5, 5.41) is 17.7. The highest BCUT2D eigenvalue weighted by Crippen LogP contribution is 2.46. The summed E-state index contributed by atoms with van der Waals surface area (Å²) in [6.07, 6.45) is 5.66. The molecule has 6 atom stereocenters. The van der Waals surface area contributed by atoms with Crippen LogP contribution in [0.1, 0.15) is 51.0 Å². The standard InChI is InChI=1S/C35H51N3O5Si/c1-24-31(17-12-25-8-5-10-27(20-25)37-35(41)26-9-6-18-36-22-26)43-32(21-33(40)38-19-7-11-28(38)23-39)34(24)44(3,4)30-15-13-29(42-2)14-16-30/h5,8,10,13-16,20,24,26,28,31-32,34,36,39H,6-7,9,11-12,17-19,21-23H2,1-4H3,(H,37,41)/t24-,26?,28-,31+,32-,34+/m0/s1. The molecule has 2 aromatic rings. The molecule has 3 saturated heterocycles. The SMILES string of the molecule is COc1ccc([Si](C)(C)[C@@H]2[C@@H](C)[C@@H](CCc3cccc(NC(=O)C4CCCNC4)c3)O[C@H]2CC(=O)N2CCC[C@H]2CO)cc1. The molecule has 0 aromatic heterocycles. The lowest BCUT2D eigenvalue weighted by Gasteiger charge is -2.36. The average molecular weight is 622 g/mol. The Balaban J connectivity index is 1.30. The number of aryl methyl sites for hydroxylation is 1. The van der Waals surface area contributed by atoms with Gasteiger partial charge >= 0.3 is 0 Å². The number of carbonyl (C=O) groups excluding carboxylic acids is 2. The van der Waals surface area contributed by atoms with Crippen LogP contribution in [-0.2, 0) is 20.7 Å². The topological polar surface area (TPSA) is 100 Å². The van der Waals surface area contributed by atoms with Crippen LogP contribution >= 0.6 is 0 Å². The number of amides is 2. The van der Waals surface area contributed by atoms with E-state index in [0.29, 0.717) is 13.0 Å². The molecule has 8 nitrogen and oxygen atoms in total. The van der Waals surface area contributed by atoms with E-state index in [0.717, 1.165) is 63.1 Å². The van der Waals surface area contributed by atoms with Crippen LogP contribution in [0.5, 0.6) is 5.75 Å². The number of hydrogen-bond acceptors (Lipinski definition) is 6. The van der Waals surface area contributed by atoms with Crippen LogP contribution in [0, 0.1) is 11.8 Å². The van der Waals surface area contributed by atoms with Gasteiger partial charge in [-0.25, -0.2) is 0 Å². The molecule has 9 heteroatoms. The maximum atomic E-state index is 13.6. The van der Waals surface area contributed by atoms with Gasteiger partial charge in [0.1, 0.15) is 5.75 Å². The van der Waals surface area contributed by atoms with Crippen molar-refractivity contribution in [3.8, 4) is 5.75 Å². The van der Waals surface area contributed by atoms with Gasteiger partial charge in [-0.2, -0.15) is 0 Å². The molecular formula is C35H51N3O5Si. The molecule has 240 valence electrons. The van der Waals surface area contributed by atoms with Crippen molar-refractivity contribution in [2.75, 3.05) is 38.7 Å². The second kappa shape index (κ2) is 14.6. The monoisotopic (exact) mass is 621 g/mol. The highest BCUT2D eigenvalue weighted by molar-refractivity contribution is 6.91.